The molecule has 0 aromatic carbocycles. The van der Waals surface area contributed by atoms with Crippen LogP contribution >= 0.6 is 0 Å². The van der Waals surface area contributed by atoms with Gasteiger partial charge >= 0.3 is 5.97 Å². The summed E-state index contributed by atoms with van der Waals surface area (Å²) in [5.41, 5.74) is 3.22. The molecule has 0 amide bonds. The molecular weight excluding hydrogens is 340 g/mol. The van der Waals surface area contributed by atoms with Gasteiger partial charge in [-0.3, -0.25) is 0 Å². The summed E-state index contributed by atoms with van der Waals surface area (Å²) in [5, 5.41) is 22.0. The van der Waals surface area contributed by atoms with Gasteiger partial charge in [0.15, 0.2) is 0 Å². The number of hydrogen-bond acceptors (Lipinski definition) is 4. The molecule has 0 aromatic heterocycles. The number of carbonyl (C=O) groups is 1. The van der Waals surface area contributed by atoms with E-state index in [1.165, 1.54) is 12.7 Å². The number of aliphatic hydroxyl groups is 2. The third-order valence-corrected chi connectivity index (χ3v) is 5.91. The minimum atomic E-state index is -0.830. The van der Waals surface area contributed by atoms with Gasteiger partial charge in [-0.1, -0.05) is 49.6 Å². The molecule has 0 radical (unpaired) electrons. The lowest BCUT2D eigenvalue weighted by atomic mass is 9.67. The van der Waals surface area contributed by atoms with E-state index in [0.29, 0.717) is 12.0 Å². The first-order chi connectivity index (χ1) is 12.8. The van der Waals surface area contributed by atoms with Gasteiger partial charge < -0.3 is 14.9 Å². The number of unbranched alkanes of at least 4 members (excludes halogenated alkanes) is 2. The zero-order chi connectivity index (χ0) is 20.1. The fourth-order valence-corrected chi connectivity index (χ4v) is 4.44. The van der Waals surface area contributed by atoms with E-state index in [1.54, 1.807) is 6.08 Å². The summed E-state index contributed by atoms with van der Waals surface area (Å²) < 4.78 is 4.95. The topological polar surface area (TPSA) is 66.8 Å². The summed E-state index contributed by atoms with van der Waals surface area (Å²) in [6.45, 7) is 10.3. The summed E-state index contributed by atoms with van der Waals surface area (Å²) in [4.78, 5) is 12.4. The Balaban J connectivity index is 2.45. The molecule has 0 bridgehead atoms. The van der Waals surface area contributed by atoms with Crippen LogP contribution in [-0.4, -0.2) is 29.4 Å². The molecule has 2 rings (SSSR count). The smallest absolute Gasteiger partial charge is 0.341 e. The van der Waals surface area contributed by atoms with Crippen LogP contribution in [0.25, 0.3) is 0 Å². The van der Waals surface area contributed by atoms with Gasteiger partial charge in [-0.15, -0.1) is 0 Å². The molecule has 2 unspecified atom stereocenters. The Bertz CT molecular complexity index is 668. The van der Waals surface area contributed by atoms with Crippen molar-refractivity contribution in [1.82, 2.24) is 0 Å². The van der Waals surface area contributed by atoms with Crippen molar-refractivity contribution in [1.29, 1.82) is 0 Å². The van der Waals surface area contributed by atoms with Crippen LogP contribution in [0.2, 0.25) is 0 Å². The Morgan fingerprint density at radius 3 is 2.63 bits per heavy atom. The summed E-state index contributed by atoms with van der Waals surface area (Å²) >= 11 is 0. The highest BCUT2D eigenvalue weighted by Gasteiger charge is 2.42. The van der Waals surface area contributed by atoms with Gasteiger partial charge in [0.2, 0.25) is 0 Å². The van der Waals surface area contributed by atoms with E-state index in [4.69, 9.17) is 4.74 Å². The number of carbonyl (C=O) groups excluding carboxylic acids is 1. The molecule has 0 heterocycles. The van der Waals surface area contributed by atoms with Gasteiger partial charge in [-0.25, -0.2) is 4.79 Å². The van der Waals surface area contributed by atoms with Crippen molar-refractivity contribution in [2.24, 2.45) is 17.8 Å². The number of rotatable bonds is 7. The van der Waals surface area contributed by atoms with Gasteiger partial charge in [-0.05, 0) is 56.9 Å². The second kappa shape index (κ2) is 9.41. The maximum Gasteiger partial charge on any atom is 0.341 e. The highest BCUT2D eigenvalue weighted by Crippen LogP contribution is 2.44. The molecule has 0 saturated heterocycles. The van der Waals surface area contributed by atoms with Crippen LogP contribution in [-0.2, 0) is 9.53 Å². The van der Waals surface area contributed by atoms with Crippen LogP contribution in [0, 0.1) is 17.8 Å². The molecule has 2 aliphatic carbocycles. The standard InChI is InChI=1S/C23H34O4/c1-6-7-8-9-16-13-19(24)21(22(25)20(16)23(26)27-5)18-12-15(4)10-11-17(18)14(2)3/h12-13,17-19,21,24-25H,2,6-11H2,1,3-5H3/t17-,18+,19?,21?/m0/s1. The first-order valence-electron chi connectivity index (χ1n) is 10.0. The first-order valence-corrected chi connectivity index (χ1v) is 10.0. The SMILES string of the molecule is C=C(C)[C@@H]1CCC(C)=C[C@H]1C1C(O)=C(C(=O)OC)C(CCCCC)=CC1O. The molecule has 4 nitrogen and oxygen atoms in total. The van der Waals surface area contributed by atoms with E-state index >= 15 is 0 Å². The van der Waals surface area contributed by atoms with Crippen LogP contribution in [0.15, 0.2) is 46.8 Å². The molecule has 0 aromatic rings. The Labute approximate surface area is 163 Å². The van der Waals surface area contributed by atoms with E-state index in [-0.39, 0.29) is 23.2 Å². The monoisotopic (exact) mass is 374 g/mol. The lowest BCUT2D eigenvalue weighted by molar-refractivity contribution is -0.136. The largest absolute Gasteiger partial charge is 0.511 e. The van der Waals surface area contributed by atoms with Crippen LogP contribution in [0.3, 0.4) is 0 Å². The second-order valence-corrected chi connectivity index (χ2v) is 8.00. The van der Waals surface area contributed by atoms with Crippen molar-refractivity contribution in [2.75, 3.05) is 7.11 Å². The highest BCUT2D eigenvalue weighted by atomic mass is 16.5. The van der Waals surface area contributed by atoms with Gasteiger partial charge in [0.05, 0.1) is 19.1 Å². The number of methoxy groups -OCH3 is 1. The summed E-state index contributed by atoms with van der Waals surface area (Å²) in [7, 11) is 1.33. The van der Waals surface area contributed by atoms with Crippen molar-refractivity contribution >= 4 is 5.97 Å². The maximum atomic E-state index is 12.4. The number of allylic oxidation sites excluding steroid dienone is 3. The molecule has 150 valence electrons. The van der Waals surface area contributed by atoms with E-state index in [1.807, 2.05) is 6.92 Å². The number of ether oxygens (including phenoxy) is 1. The Hall–Kier alpha value is -1.81. The molecule has 0 aliphatic heterocycles. The molecule has 0 spiro atoms. The second-order valence-electron chi connectivity index (χ2n) is 8.00. The Morgan fingerprint density at radius 1 is 1.33 bits per heavy atom. The number of hydrogen-bond donors (Lipinski definition) is 2. The minimum absolute atomic E-state index is 0.0365. The van der Waals surface area contributed by atoms with Crippen molar-refractivity contribution in [3.05, 3.63) is 46.8 Å². The van der Waals surface area contributed by atoms with E-state index in [2.05, 4.69) is 26.5 Å². The number of aliphatic hydroxyl groups excluding tert-OH is 2. The highest BCUT2D eigenvalue weighted by molar-refractivity contribution is 5.94. The maximum absolute atomic E-state index is 12.4. The van der Waals surface area contributed by atoms with Crippen LogP contribution in [0.5, 0.6) is 0 Å². The average Bonchev–Trinajstić information content (AvgIpc) is 2.61. The van der Waals surface area contributed by atoms with Crippen molar-refractivity contribution < 1.29 is 19.7 Å². The van der Waals surface area contributed by atoms with Crippen LogP contribution < -0.4 is 0 Å². The minimum Gasteiger partial charge on any atom is -0.511 e. The summed E-state index contributed by atoms with van der Waals surface area (Å²) in [6.07, 6.45) is 8.65. The van der Waals surface area contributed by atoms with Crippen LogP contribution in [0.1, 0.15) is 59.3 Å². The third kappa shape index (κ3) is 4.73. The summed E-state index contributed by atoms with van der Waals surface area (Å²) in [6, 6.07) is 0. The van der Waals surface area contributed by atoms with E-state index in [9.17, 15) is 15.0 Å². The zero-order valence-corrected chi connectivity index (χ0v) is 17.1. The third-order valence-electron chi connectivity index (χ3n) is 5.91. The molecule has 0 fully saturated rings. The van der Waals surface area contributed by atoms with Crippen LogP contribution in [0.4, 0.5) is 0 Å². The van der Waals surface area contributed by atoms with Gasteiger partial charge in [0.1, 0.15) is 11.3 Å². The van der Waals surface area contributed by atoms with E-state index in [0.717, 1.165) is 37.7 Å². The normalized spacial score (nSPS) is 28.5. The average molecular weight is 375 g/mol. The molecular formula is C23H34O4. The molecule has 2 N–H and O–H groups in total. The zero-order valence-electron chi connectivity index (χ0n) is 17.1. The molecule has 4 atom stereocenters. The fourth-order valence-electron chi connectivity index (χ4n) is 4.44. The van der Waals surface area contributed by atoms with Crippen molar-refractivity contribution in [2.45, 2.75) is 65.4 Å². The van der Waals surface area contributed by atoms with Crippen molar-refractivity contribution in [3.63, 3.8) is 0 Å². The molecule has 4 heteroatoms. The van der Waals surface area contributed by atoms with Crippen molar-refractivity contribution in [3.8, 4) is 0 Å². The fraction of sp³-hybridized carbons (Fsp3) is 0.609. The Kier molecular flexibility index (Phi) is 7.49. The van der Waals surface area contributed by atoms with Gasteiger partial charge in [0, 0.05) is 0 Å². The Morgan fingerprint density at radius 2 is 2.04 bits per heavy atom. The molecule has 27 heavy (non-hydrogen) atoms. The van der Waals surface area contributed by atoms with E-state index < -0.39 is 18.0 Å². The lowest BCUT2D eigenvalue weighted by Gasteiger charge is -2.39. The predicted molar refractivity (Wildman–Crippen MR) is 108 cm³/mol. The molecule has 2 aliphatic rings. The lowest BCUT2D eigenvalue weighted by Crippen LogP contribution is -2.38. The summed E-state index contributed by atoms with van der Waals surface area (Å²) in [5.74, 6) is -1.03. The van der Waals surface area contributed by atoms with Gasteiger partial charge in [-0.2, -0.15) is 0 Å². The first kappa shape index (κ1) is 21.5. The van der Waals surface area contributed by atoms with Gasteiger partial charge in [0.25, 0.3) is 0 Å². The molecule has 0 saturated carbocycles. The quantitative estimate of drug-likeness (QED) is 0.373. The number of esters is 1. The predicted octanol–water partition coefficient (Wildman–Crippen LogP) is 5.02.